The van der Waals surface area contributed by atoms with Gasteiger partial charge in [-0.05, 0) is 49.4 Å². The van der Waals surface area contributed by atoms with Crippen LogP contribution in [0, 0.1) is 23.7 Å². The van der Waals surface area contributed by atoms with Gasteiger partial charge < -0.3 is 4.74 Å². The van der Waals surface area contributed by atoms with Crippen LogP contribution in [0.4, 0.5) is 0 Å². The van der Waals surface area contributed by atoms with Crippen LogP contribution >= 0.6 is 0 Å². The molecule has 1 aromatic rings. The smallest absolute Gasteiger partial charge is 0.119 e. The van der Waals surface area contributed by atoms with E-state index in [-0.39, 0.29) is 0 Å². The Morgan fingerprint density at radius 2 is 1.58 bits per heavy atom. The average molecular weight is 327 g/mol. The highest BCUT2D eigenvalue weighted by Crippen LogP contribution is 2.34. The van der Waals surface area contributed by atoms with Crippen molar-refractivity contribution in [1.82, 2.24) is 0 Å². The molecule has 0 amide bonds. The summed E-state index contributed by atoms with van der Waals surface area (Å²) >= 11 is 0. The molecule has 0 radical (unpaired) electrons. The molecule has 0 N–H and O–H groups in total. The minimum atomic E-state index is 0.714. The molecule has 1 fully saturated rings. The molecule has 0 saturated heterocycles. The Balaban J connectivity index is 1.63. The van der Waals surface area contributed by atoms with Gasteiger partial charge in [0.1, 0.15) is 5.75 Å². The van der Waals surface area contributed by atoms with Crippen LogP contribution < -0.4 is 4.74 Å². The van der Waals surface area contributed by atoms with E-state index in [1.807, 2.05) is 19.1 Å². The number of hydrogen-bond donors (Lipinski definition) is 0. The van der Waals surface area contributed by atoms with Crippen molar-refractivity contribution in [3.05, 3.63) is 29.8 Å². The van der Waals surface area contributed by atoms with Gasteiger partial charge >= 0.3 is 0 Å². The molecule has 1 heteroatoms. The number of ether oxygens (including phenoxy) is 1. The minimum Gasteiger partial charge on any atom is -0.494 e. The van der Waals surface area contributed by atoms with Gasteiger partial charge in [-0.25, -0.2) is 0 Å². The van der Waals surface area contributed by atoms with Crippen molar-refractivity contribution >= 4 is 0 Å². The van der Waals surface area contributed by atoms with Gasteiger partial charge in [-0.1, -0.05) is 70.1 Å². The van der Waals surface area contributed by atoms with E-state index in [2.05, 4.69) is 30.9 Å². The Morgan fingerprint density at radius 3 is 2.21 bits per heavy atom. The van der Waals surface area contributed by atoms with Crippen LogP contribution in [-0.4, -0.2) is 6.61 Å². The Morgan fingerprint density at radius 1 is 0.917 bits per heavy atom. The predicted molar refractivity (Wildman–Crippen MR) is 103 cm³/mol. The van der Waals surface area contributed by atoms with Crippen LogP contribution in [0.15, 0.2) is 24.3 Å². The van der Waals surface area contributed by atoms with E-state index in [4.69, 9.17) is 4.74 Å². The van der Waals surface area contributed by atoms with Gasteiger partial charge in [0, 0.05) is 12.0 Å². The SMILES string of the molecule is CCCCCC1CCC(CCC#Cc2ccc(OCC)cc2)CC1. The average Bonchev–Trinajstić information content (AvgIpc) is 2.62. The highest BCUT2D eigenvalue weighted by Gasteiger charge is 2.20. The van der Waals surface area contributed by atoms with Crippen LogP contribution in [0.3, 0.4) is 0 Å². The summed E-state index contributed by atoms with van der Waals surface area (Å²) in [6.07, 6.45) is 13.8. The fraction of sp³-hybridized carbons (Fsp3) is 0.652. The van der Waals surface area contributed by atoms with Crippen molar-refractivity contribution in [2.24, 2.45) is 11.8 Å². The zero-order valence-electron chi connectivity index (χ0n) is 15.7. The maximum absolute atomic E-state index is 5.46. The largest absolute Gasteiger partial charge is 0.494 e. The van der Waals surface area contributed by atoms with Gasteiger partial charge in [0.05, 0.1) is 6.61 Å². The molecule has 1 saturated carbocycles. The highest BCUT2D eigenvalue weighted by molar-refractivity contribution is 5.38. The van der Waals surface area contributed by atoms with Crippen molar-refractivity contribution in [1.29, 1.82) is 0 Å². The predicted octanol–water partition coefficient (Wildman–Crippen LogP) is 6.60. The molecule has 0 spiro atoms. The van der Waals surface area contributed by atoms with Crippen molar-refractivity contribution in [2.45, 2.75) is 78.1 Å². The molecule has 132 valence electrons. The topological polar surface area (TPSA) is 9.23 Å². The normalized spacial score (nSPS) is 20.2. The maximum Gasteiger partial charge on any atom is 0.119 e. The molecule has 24 heavy (non-hydrogen) atoms. The Labute approximate surface area is 149 Å². The highest BCUT2D eigenvalue weighted by atomic mass is 16.5. The number of unbranched alkanes of at least 4 members (excludes halogenated alkanes) is 2. The first-order valence-electron chi connectivity index (χ1n) is 10.0. The van der Waals surface area contributed by atoms with Gasteiger partial charge in [0.25, 0.3) is 0 Å². The molecule has 1 nitrogen and oxygen atoms in total. The molecular weight excluding hydrogens is 292 g/mol. The lowest BCUT2D eigenvalue weighted by atomic mass is 9.78. The summed E-state index contributed by atoms with van der Waals surface area (Å²) in [4.78, 5) is 0. The van der Waals surface area contributed by atoms with Crippen LogP contribution in [0.25, 0.3) is 0 Å². The van der Waals surface area contributed by atoms with Gasteiger partial charge in [0.2, 0.25) is 0 Å². The first kappa shape index (κ1) is 18.9. The summed E-state index contributed by atoms with van der Waals surface area (Å²) in [6, 6.07) is 8.12. The van der Waals surface area contributed by atoms with E-state index in [0.29, 0.717) is 6.61 Å². The molecular formula is C23H34O. The summed E-state index contributed by atoms with van der Waals surface area (Å²) in [6.45, 7) is 5.02. The zero-order chi connectivity index (χ0) is 17.0. The van der Waals surface area contributed by atoms with Crippen LogP contribution in [-0.2, 0) is 0 Å². The van der Waals surface area contributed by atoms with Crippen molar-refractivity contribution in [3.63, 3.8) is 0 Å². The van der Waals surface area contributed by atoms with Crippen LogP contribution in [0.5, 0.6) is 5.75 Å². The van der Waals surface area contributed by atoms with Crippen LogP contribution in [0.1, 0.15) is 83.6 Å². The molecule has 0 bridgehead atoms. The third-order valence-electron chi connectivity index (χ3n) is 5.26. The number of hydrogen-bond acceptors (Lipinski definition) is 1. The summed E-state index contributed by atoms with van der Waals surface area (Å²) in [5.41, 5.74) is 1.10. The Hall–Kier alpha value is -1.42. The third kappa shape index (κ3) is 7.00. The third-order valence-corrected chi connectivity index (χ3v) is 5.26. The minimum absolute atomic E-state index is 0.714. The Kier molecular flexibility index (Phi) is 8.82. The lowest BCUT2D eigenvalue weighted by Gasteiger charge is -2.28. The van der Waals surface area contributed by atoms with E-state index in [1.54, 1.807) is 0 Å². The van der Waals surface area contributed by atoms with E-state index < -0.39 is 0 Å². The molecule has 0 atom stereocenters. The number of benzene rings is 1. The molecule has 1 aliphatic rings. The second-order valence-electron chi connectivity index (χ2n) is 7.18. The van der Waals surface area contributed by atoms with Crippen molar-refractivity contribution in [3.8, 4) is 17.6 Å². The lowest BCUT2D eigenvalue weighted by Crippen LogP contribution is -2.14. The maximum atomic E-state index is 5.46. The fourth-order valence-electron chi connectivity index (χ4n) is 3.73. The van der Waals surface area contributed by atoms with E-state index in [9.17, 15) is 0 Å². The summed E-state index contributed by atoms with van der Waals surface area (Å²) in [5, 5.41) is 0. The second kappa shape index (κ2) is 11.2. The molecule has 0 heterocycles. The molecule has 0 aliphatic heterocycles. The number of rotatable bonds is 8. The standard InChI is InChI=1S/C23H34O/c1-3-5-6-9-20-12-14-21(15-13-20)10-7-8-11-22-16-18-23(19-17-22)24-4-2/h16-21H,3-7,9-10,12-15H2,1-2H3. The second-order valence-corrected chi connectivity index (χ2v) is 7.18. The molecule has 0 aromatic heterocycles. The van der Waals surface area contributed by atoms with E-state index >= 15 is 0 Å². The molecule has 0 unspecified atom stereocenters. The summed E-state index contributed by atoms with van der Waals surface area (Å²) in [7, 11) is 0. The van der Waals surface area contributed by atoms with Crippen molar-refractivity contribution in [2.75, 3.05) is 6.61 Å². The van der Waals surface area contributed by atoms with Gasteiger partial charge in [-0.2, -0.15) is 0 Å². The molecule has 2 rings (SSSR count). The summed E-state index contributed by atoms with van der Waals surface area (Å²) in [5.74, 6) is 9.52. The lowest BCUT2D eigenvalue weighted by molar-refractivity contribution is 0.250. The van der Waals surface area contributed by atoms with Gasteiger partial charge in [-0.15, -0.1) is 0 Å². The van der Waals surface area contributed by atoms with E-state index in [0.717, 1.165) is 29.6 Å². The monoisotopic (exact) mass is 326 g/mol. The van der Waals surface area contributed by atoms with Gasteiger partial charge in [0.15, 0.2) is 0 Å². The van der Waals surface area contributed by atoms with Crippen LogP contribution in [0.2, 0.25) is 0 Å². The zero-order valence-corrected chi connectivity index (χ0v) is 15.7. The first-order chi connectivity index (χ1) is 11.8. The quantitative estimate of drug-likeness (QED) is 0.386. The Bertz CT molecular complexity index is 497. The fourth-order valence-corrected chi connectivity index (χ4v) is 3.73. The molecule has 1 aliphatic carbocycles. The summed E-state index contributed by atoms with van der Waals surface area (Å²) < 4.78 is 5.46. The van der Waals surface area contributed by atoms with Crippen molar-refractivity contribution < 1.29 is 4.74 Å². The molecule has 1 aromatic carbocycles. The van der Waals surface area contributed by atoms with E-state index in [1.165, 1.54) is 57.8 Å². The van der Waals surface area contributed by atoms with Gasteiger partial charge in [-0.3, -0.25) is 0 Å². The first-order valence-corrected chi connectivity index (χ1v) is 10.0.